The van der Waals surface area contributed by atoms with E-state index < -0.39 is 17.9 Å². The summed E-state index contributed by atoms with van der Waals surface area (Å²) in [6.07, 6.45) is 2.07. The second-order valence-corrected chi connectivity index (χ2v) is 4.21. The van der Waals surface area contributed by atoms with Gasteiger partial charge in [0, 0.05) is 5.92 Å². The standard InChI is InChI=1S/C10H14N4O4/c1-5(9(16)17)11-4-7(15)12-10-14-13-8(18-10)6-2-3-6/h5-6,11H,2-4H2,1H3,(H,16,17)(H,12,14,15). The zero-order valence-corrected chi connectivity index (χ0v) is 9.84. The smallest absolute Gasteiger partial charge is 0.322 e. The first-order valence-electron chi connectivity index (χ1n) is 5.65. The Kier molecular flexibility index (Phi) is 3.56. The van der Waals surface area contributed by atoms with Crippen LogP contribution < -0.4 is 10.6 Å². The van der Waals surface area contributed by atoms with E-state index >= 15 is 0 Å². The molecule has 8 nitrogen and oxygen atoms in total. The number of nitrogens with one attached hydrogen (secondary N) is 2. The minimum absolute atomic E-state index is 0.0479. The number of aromatic nitrogens is 2. The van der Waals surface area contributed by atoms with Crippen LogP contribution in [0.15, 0.2) is 4.42 Å². The summed E-state index contributed by atoms with van der Waals surface area (Å²) in [7, 11) is 0. The third-order valence-electron chi connectivity index (χ3n) is 2.55. The highest BCUT2D eigenvalue weighted by atomic mass is 16.4. The lowest BCUT2D eigenvalue weighted by Crippen LogP contribution is -2.39. The molecule has 0 spiro atoms. The number of anilines is 1. The molecule has 1 aliphatic carbocycles. The third-order valence-corrected chi connectivity index (χ3v) is 2.55. The van der Waals surface area contributed by atoms with Crippen molar-refractivity contribution in [1.29, 1.82) is 0 Å². The van der Waals surface area contributed by atoms with E-state index in [4.69, 9.17) is 9.52 Å². The molecule has 8 heteroatoms. The molecule has 1 aromatic rings. The van der Waals surface area contributed by atoms with E-state index in [1.165, 1.54) is 6.92 Å². The van der Waals surface area contributed by atoms with Crippen molar-refractivity contribution in [3.8, 4) is 0 Å². The number of amides is 1. The van der Waals surface area contributed by atoms with Crippen molar-refractivity contribution >= 4 is 17.9 Å². The summed E-state index contributed by atoms with van der Waals surface area (Å²) < 4.78 is 5.23. The number of nitrogens with zero attached hydrogens (tertiary/aromatic N) is 2. The molecule has 0 aliphatic heterocycles. The third kappa shape index (κ3) is 3.27. The van der Waals surface area contributed by atoms with Crippen LogP contribution in [0.3, 0.4) is 0 Å². The first kappa shape index (κ1) is 12.5. The molecule has 1 aromatic heterocycles. The number of hydrogen-bond acceptors (Lipinski definition) is 6. The van der Waals surface area contributed by atoms with E-state index in [0.29, 0.717) is 11.8 Å². The molecule has 1 aliphatic rings. The summed E-state index contributed by atoms with van der Waals surface area (Å²) in [6.45, 7) is 1.32. The molecule has 0 aromatic carbocycles. The number of carboxylic acid groups (broad SMARTS) is 1. The van der Waals surface area contributed by atoms with Crippen molar-refractivity contribution in [3.05, 3.63) is 5.89 Å². The van der Waals surface area contributed by atoms with Gasteiger partial charge in [-0.1, -0.05) is 5.10 Å². The highest BCUT2D eigenvalue weighted by molar-refractivity contribution is 5.90. The van der Waals surface area contributed by atoms with Crippen molar-refractivity contribution in [2.45, 2.75) is 31.7 Å². The molecule has 1 fully saturated rings. The van der Waals surface area contributed by atoms with Gasteiger partial charge in [0.25, 0.3) is 0 Å². The van der Waals surface area contributed by atoms with Gasteiger partial charge in [-0.2, -0.15) is 0 Å². The lowest BCUT2D eigenvalue weighted by Gasteiger charge is -2.07. The van der Waals surface area contributed by atoms with Crippen LogP contribution in [-0.4, -0.2) is 39.8 Å². The summed E-state index contributed by atoms with van der Waals surface area (Å²) in [5.74, 6) is -0.573. The number of carbonyl (C=O) groups excluding carboxylic acids is 1. The highest BCUT2D eigenvalue weighted by Crippen LogP contribution is 2.39. The van der Waals surface area contributed by atoms with Crippen LogP contribution in [-0.2, 0) is 9.59 Å². The fraction of sp³-hybridized carbons (Fsp3) is 0.600. The zero-order chi connectivity index (χ0) is 13.1. The molecule has 0 saturated heterocycles. The number of carbonyl (C=O) groups is 2. The van der Waals surface area contributed by atoms with Gasteiger partial charge in [0.15, 0.2) is 0 Å². The van der Waals surface area contributed by atoms with E-state index in [1.54, 1.807) is 0 Å². The first-order valence-corrected chi connectivity index (χ1v) is 5.65. The fourth-order valence-corrected chi connectivity index (χ4v) is 1.28. The lowest BCUT2D eigenvalue weighted by atomic mass is 10.3. The molecule has 1 saturated carbocycles. The van der Waals surface area contributed by atoms with Gasteiger partial charge in [-0.3, -0.25) is 20.2 Å². The molecule has 0 radical (unpaired) electrons. The van der Waals surface area contributed by atoms with Crippen LogP contribution >= 0.6 is 0 Å². The normalized spacial score (nSPS) is 16.3. The van der Waals surface area contributed by atoms with Gasteiger partial charge in [-0.15, -0.1) is 5.10 Å². The van der Waals surface area contributed by atoms with E-state index in [2.05, 4.69) is 20.8 Å². The summed E-state index contributed by atoms with van der Waals surface area (Å²) in [5.41, 5.74) is 0. The Hall–Kier alpha value is -1.96. The Morgan fingerprint density at radius 2 is 2.22 bits per heavy atom. The number of aliphatic carboxylic acids is 1. The van der Waals surface area contributed by atoms with E-state index in [1.807, 2.05) is 0 Å². The van der Waals surface area contributed by atoms with Gasteiger partial charge in [0.05, 0.1) is 6.54 Å². The Labute approximate surface area is 103 Å². The van der Waals surface area contributed by atoms with Crippen molar-refractivity contribution in [3.63, 3.8) is 0 Å². The molecule has 98 valence electrons. The van der Waals surface area contributed by atoms with Gasteiger partial charge in [-0.05, 0) is 19.8 Å². The van der Waals surface area contributed by atoms with Gasteiger partial charge in [0.1, 0.15) is 6.04 Å². The zero-order valence-electron chi connectivity index (χ0n) is 9.84. The van der Waals surface area contributed by atoms with Crippen LogP contribution in [0.4, 0.5) is 6.01 Å². The Morgan fingerprint density at radius 3 is 2.83 bits per heavy atom. The molecule has 1 heterocycles. The Balaban J connectivity index is 1.77. The van der Waals surface area contributed by atoms with Crippen molar-refractivity contribution < 1.29 is 19.1 Å². The van der Waals surface area contributed by atoms with Crippen molar-refractivity contribution in [1.82, 2.24) is 15.5 Å². The molecule has 3 N–H and O–H groups in total. The first-order chi connectivity index (χ1) is 8.56. The summed E-state index contributed by atoms with van der Waals surface area (Å²) >= 11 is 0. The summed E-state index contributed by atoms with van der Waals surface area (Å²) in [6, 6.07) is -0.743. The maximum absolute atomic E-state index is 11.4. The van der Waals surface area contributed by atoms with Crippen LogP contribution in [0, 0.1) is 0 Å². The van der Waals surface area contributed by atoms with Gasteiger partial charge >= 0.3 is 12.0 Å². The molecule has 1 atom stereocenters. The van der Waals surface area contributed by atoms with Gasteiger partial charge in [-0.25, -0.2) is 0 Å². The lowest BCUT2D eigenvalue weighted by molar-refractivity contribution is -0.139. The molecule has 1 unspecified atom stereocenters. The Morgan fingerprint density at radius 1 is 1.50 bits per heavy atom. The predicted octanol–water partition coefficient (Wildman–Crippen LogP) is -0.0518. The molecule has 2 rings (SSSR count). The second kappa shape index (κ2) is 5.13. The topological polar surface area (TPSA) is 117 Å². The maximum Gasteiger partial charge on any atom is 0.322 e. The van der Waals surface area contributed by atoms with Crippen molar-refractivity contribution in [2.24, 2.45) is 0 Å². The largest absolute Gasteiger partial charge is 0.480 e. The quantitative estimate of drug-likeness (QED) is 0.651. The molecular formula is C10H14N4O4. The van der Waals surface area contributed by atoms with E-state index in [9.17, 15) is 9.59 Å². The average Bonchev–Trinajstić information content (AvgIpc) is 3.07. The predicted molar refractivity (Wildman–Crippen MR) is 60.0 cm³/mol. The average molecular weight is 254 g/mol. The highest BCUT2D eigenvalue weighted by Gasteiger charge is 2.29. The van der Waals surface area contributed by atoms with Crippen LogP contribution in [0.5, 0.6) is 0 Å². The molecule has 18 heavy (non-hydrogen) atoms. The van der Waals surface area contributed by atoms with Crippen molar-refractivity contribution in [2.75, 3.05) is 11.9 Å². The summed E-state index contributed by atoms with van der Waals surface area (Å²) in [4.78, 5) is 22.0. The monoisotopic (exact) mass is 254 g/mol. The van der Waals surface area contributed by atoms with Gasteiger partial charge < -0.3 is 9.52 Å². The second-order valence-electron chi connectivity index (χ2n) is 4.21. The minimum atomic E-state index is -1.02. The van der Waals surface area contributed by atoms with Crippen LogP contribution in [0.2, 0.25) is 0 Å². The number of rotatable bonds is 6. The molecule has 1 amide bonds. The summed E-state index contributed by atoms with van der Waals surface area (Å²) in [5, 5.41) is 21.1. The molecular weight excluding hydrogens is 240 g/mol. The number of hydrogen-bond donors (Lipinski definition) is 3. The SMILES string of the molecule is CC(NCC(=O)Nc1nnc(C2CC2)o1)C(=O)O. The minimum Gasteiger partial charge on any atom is -0.480 e. The molecule has 0 bridgehead atoms. The van der Waals surface area contributed by atoms with Gasteiger partial charge in [0.2, 0.25) is 11.8 Å². The van der Waals surface area contributed by atoms with Crippen LogP contribution in [0.1, 0.15) is 31.6 Å². The van der Waals surface area contributed by atoms with Crippen LogP contribution in [0.25, 0.3) is 0 Å². The Bertz CT molecular complexity index is 454. The maximum atomic E-state index is 11.4. The number of carboxylic acids is 1. The fourth-order valence-electron chi connectivity index (χ4n) is 1.28. The van der Waals surface area contributed by atoms with E-state index in [-0.39, 0.29) is 12.6 Å². The van der Waals surface area contributed by atoms with E-state index in [0.717, 1.165) is 12.8 Å².